The number of aromatic nitrogens is 2. The molecule has 0 saturated heterocycles. The van der Waals surface area contributed by atoms with Gasteiger partial charge in [0.05, 0.1) is 12.3 Å². The summed E-state index contributed by atoms with van der Waals surface area (Å²) in [5.41, 5.74) is 1.76. The van der Waals surface area contributed by atoms with Crippen LogP contribution < -0.4 is 0 Å². The van der Waals surface area contributed by atoms with Crippen molar-refractivity contribution in [3.63, 3.8) is 0 Å². The first-order valence-corrected chi connectivity index (χ1v) is 5.07. The zero-order valence-corrected chi connectivity index (χ0v) is 9.33. The van der Waals surface area contributed by atoms with Crippen LogP contribution in [-0.2, 0) is 16.0 Å². The maximum Gasteiger partial charge on any atom is 0.330 e. The smallest absolute Gasteiger partial charge is 0.330 e. The van der Waals surface area contributed by atoms with Gasteiger partial charge in [0.25, 0.3) is 0 Å². The highest BCUT2D eigenvalue weighted by atomic mass is 16.5. The lowest BCUT2D eigenvalue weighted by Crippen LogP contribution is -1.98. The highest BCUT2D eigenvalue weighted by molar-refractivity contribution is 5.86. The Kier molecular flexibility index (Phi) is 4.09. The van der Waals surface area contributed by atoms with E-state index in [1.807, 2.05) is 13.8 Å². The standard InChI is InChI=1S/C11H16N2O2/c1-4-10-12-8(3)9(13-10)6-7-11(14)15-5-2/h6-7H,4-5H2,1-3H3,(H,12,13)/b7-6+. The Bertz CT molecular complexity index is 367. The van der Waals surface area contributed by atoms with Gasteiger partial charge in [-0.2, -0.15) is 0 Å². The summed E-state index contributed by atoms with van der Waals surface area (Å²) in [5.74, 6) is 0.592. The number of carbonyl (C=O) groups is 1. The van der Waals surface area contributed by atoms with Crippen LogP contribution >= 0.6 is 0 Å². The quantitative estimate of drug-likeness (QED) is 0.607. The average molecular weight is 208 g/mol. The fraction of sp³-hybridized carbons (Fsp3) is 0.455. The molecule has 15 heavy (non-hydrogen) atoms. The van der Waals surface area contributed by atoms with Gasteiger partial charge in [-0.25, -0.2) is 9.78 Å². The van der Waals surface area contributed by atoms with Gasteiger partial charge in [0, 0.05) is 18.2 Å². The monoisotopic (exact) mass is 208 g/mol. The molecule has 1 heterocycles. The third-order valence-corrected chi connectivity index (χ3v) is 1.97. The number of esters is 1. The molecule has 0 aliphatic carbocycles. The fourth-order valence-corrected chi connectivity index (χ4v) is 1.20. The first-order chi connectivity index (χ1) is 7.17. The van der Waals surface area contributed by atoms with Gasteiger partial charge in [-0.05, 0) is 19.9 Å². The summed E-state index contributed by atoms with van der Waals surface area (Å²) in [7, 11) is 0. The molecule has 0 bridgehead atoms. The molecule has 0 aromatic carbocycles. The third-order valence-electron chi connectivity index (χ3n) is 1.97. The number of nitrogens with zero attached hydrogens (tertiary/aromatic N) is 1. The second-order valence-electron chi connectivity index (χ2n) is 3.13. The Hall–Kier alpha value is -1.58. The SMILES string of the molecule is CCOC(=O)/C=C/c1nc(CC)[nH]c1C. The second-order valence-corrected chi connectivity index (χ2v) is 3.13. The van der Waals surface area contributed by atoms with Crippen molar-refractivity contribution in [3.8, 4) is 0 Å². The molecule has 0 saturated carbocycles. The van der Waals surface area contributed by atoms with Crippen molar-refractivity contribution in [3.05, 3.63) is 23.3 Å². The van der Waals surface area contributed by atoms with Crippen LogP contribution in [0, 0.1) is 6.92 Å². The van der Waals surface area contributed by atoms with Gasteiger partial charge < -0.3 is 9.72 Å². The lowest BCUT2D eigenvalue weighted by molar-refractivity contribution is -0.137. The fourth-order valence-electron chi connectivity index (χ4n) is 1.20. The van der Waals surface area contributed by atoms with Gasteiger partial charge in [-0.1, -0.05) is 6.92 Å². The predicted molar refractivity (Wildman–Crippen MR) is 58.4 cm³/mol. The lowest BCUT2D eigenvalue weighted by Gasteiger charge is -1.93. The largest absolute Gasteiger partial charge is 0.463 e. The molecule has 1 aromatic rings. The van der Waals surface area contributed by atoms with Gasteiger partial charge >= 0.3 is 5.97 Å². The topological polar surface area (TPSA) is 55.0 Å². The van der Waals surface area contributed by atoms with Crippen molar-refractivity contribution in [2.45, 2.75) is 27.2 Å². The predicted octanol–water partition coefficient (Wildman–Crippen LogP) is 1.86. The molecule has 0 amide bonds. The molecule has 0 aliphatic rings. The van der Waals surface area contributed by atoms with Crippen LogP contribution in [0.5, 0.6) is 0 Å². The molecule has 0 atom stereocenters. The van der Waals surface area contributed by atoms with Crippen LogP contribution in [0.3, 0.4) is 0 Å². The number of nitrogens with one attached hydrogen (secondary N) is 1. The Balaban J connectivity index is 2.71. The van der Waals surface area contributed by atoms with Crippen molar-refractivity contribution in [2.75, 3.05) is 6.61 Å². The number of imidazole rings is 1. The number of hydrogen-bond donors (Lipinski definition) is 1. The number of rotatable bonds is 4. The molecule has 4 heteroatoms. The lowest BCUT2D eigenvalue weighted by atomic mass is 10.3. The number of aromatic amines is 1. The molecule has 4 nitrogen and oxygen atoms in total. The minimum Gasteiger partial charge on any atom is -0.463 e. The molecular weight excluding hydrogens is 192 g/mol. The maximum atomic E-state index is 11.1. The van der Waals surface area contributed by atoms with E-state index in [0.29, 0.717) is 6.61 Å². The van der Waals surface area contributed by atoms with E-state index in [1.54, 1.807) is 13.0 Å². The van der Waals surface area contributed by atoms with E-state index in [9.17, 15) is 4.79 Å². The van der Waals surface area contributed by atoms with Crippen molar-refractivity contribution < 1.29 is 9.53 Å². The number of hydrogen-bond acceptors (Lipinski definition) is 3. The molecule has 0 fully saturated rings. The Morgan fingerprint density at radius 1 is 1.53 bits per heavy atom. The molecule has 1 rings (SSSR count). The summed E-state index contributed by atoms with van der Waals surface area (Å²) < 4.78 is 4.77. The second kappa shape index (κ2) is 5.34. The van der Waals surface area contributed by atoms with Crippen molar-refractivity contribution in [2.24, 2.45) is 0 Å². The first kappa shape index (κ1) is 11.5. The van der Waals surface area contributed by atoms with Crippen molar-refractivity contribution in [1.82, 2.24) is 9.97 Å². The Morgan fingerprint density at radius 3 is 2.80 bits per heavy atom. The van der Waals surface area contributed by atoms with Crippen LogP contribution in [0.1, 0.15) is 31.1 Å². The number of H-pyrrole nitrogens is 1. The van der Waals surface area contributed by atoms with E-state index in [1.165, 1.54) is 6.08 Å². The van der Waals surface area contributed by atoms with E-state index in [2.05, 4.69) is 9.97 Å². The van der Waals surface area contributed by atoms with Crippen LogP contribution in [0.15, 0.2) is 6.08 Å². The molecular formula is C11H16N2O2. The van der Waals surface area contributed by atoms with Crippen LogP contribution in [-0.4, -0.2) is 22.5 Å². The van der Waals surface area contributed by atoms with Crippen molar-refractivity contribution in [1.29, 1.82) is 0 Å². The van der Waals surface area contributed by atoms with Crippen LogP contribution in [0.25, 0.3) is 6.08 Å². The molecule has 0 aliphatic heterocycles. The summed E-state index contributed by atoms with van der Waals surface area (Å²) in [5, 5.41) is 0. The summed E-state index contributed by atoms with van der Waals surface area (Å²) in [6.07, 6.45) is 3.92. The summed E-state index contributed by atoms with van der Waals surface area (Å²) in [6.45, 7) is 6.12. The normalized spacial score (nSPS) is 10.9. The molecule has 1 aromatic heterocycles. The molecule has 0 spiro atoms. The Labute approximate surface area is 89.4 Å². The number of aryl methyl sites for hydroxylation is 2. The molecule has 0 radical (unpaired) electrons. The van der Waals surface area contributed by atoms with Crippen LogP contribution in [0.4, 0.5) is 0 Å². The van der Waals surface area contributed by atoms with E-state index >= 15 is 0 Å². The zero-order chi connectivity index (χ0) is 11.3. The highest BCUT2D eigenvalue weighted by Crippen LogP contribution is 2.07. The van der Waals surface area contributed by atoms with Gasteiger partial charge in [0.15, 0.2) is 0 Å². The average Bonchev–Trinajstić information content (AvgIpc) is 2.57. The zero-order valence-electron chi connectivity index (χ0n) is 9.33. The van der Waals surface area contributed by atoms with E-state index < -0.39 is 0 Å². The minimum atomic E-state index is -0.335. The van der Waals surface area contributed by atoms with Gasteiger partial charge in [-0.3, -0.25) is 0 Å². The van der Waals surface area contributed by atoms with Gasteiger partial charge in [0.1, 0.15) is 5.82 Å². The molecule has 82 valence electrons. The summed E-state index contributed by atoms with van der Waals surface area (Å²) in [6, 6.07) is 0. The highest BCUT2D eigenvalue weighted by Gasteiger charge is 2.02. The van der Waals surface area contributed by atoms with E-state index in [0.717, 1.165) is 23.6 Å². The maximum absolute atomic E-state index is 11.1. The Morgan fingerprint density at radius 2 is 2.27 bits per heavy atom. The van der Waals surface area contributed by atoms with Gasteiger partial charge in [0.2, 0.25) is 0 Å². The minimum absolute atomic E-state index is 0.335. The van der Waals surface area contributed by atoms with Crippen molar-refractivity contribution >= 4 is 12.0 Å². The van der Waals surface area contributed by atoms with E-state index in [-0.39, 0.29) is 5.97 Å². The molecule has 0 unspecified atom stereocenters. The van der Waals surface area contributed by atoms with E-state index in [4.69, 9.17) is 4.74 Å². The summed E-state index contributed by atoms with van der Waals surface area (Å²) >= 11 is 0. The first-order valence-electron chi connectivity index (χ1n) is 5.07. The van der Waals surface area contributed by atoms with Crippen LogP contribution in [0.2, 0.25) is 0 Å². The third kappa shape index (κ3) is 3.23. The summed E-state index contributed by atoms with van der Waals surface area (Å²) in [4.78, 5) is 18.5. The number of carbonyl (C=O) groups excluding carboxylic acids is 1. The van der Waals surface area contributed by atoms with Gasteiger partial charge in [-0.15, -0.1) is 0 Å². The molecule has 1 N–H and O–H groups in total. The number of ether oxygens (including phenoxy) is 1.